The number of ether oxygens (including phenoxy) is 1. The van der Waals surface area contributed by atoms with Gasteiger partial charge in [0.25, 0.3) is 0 Å². The third kappa shape index (κ3) is 5.03. The highest BCUT2D eigenvalue weighted by Gasteiger charge is 2.35. The van der Waals surface area contributed by atoms with E-state index in [1.807, 2.05) is 19.1 Å². The van der Waals surface area contributed by atoms with Crippen LogP contribution in [0.2, 0.25) is 0 Å². The van der Waals surface area contributed by atoms with Crippen molar-refractivity contribution in [1.82, 2.24) is 10.3 Å². The molecule has 4 nitrogen and oxygen atoms in total. The molecule has 7 heteroatoms. The number of aromatic nitrogens is 1. The van der Waals surface area contributed by atoms with Gasteiger partial charge in [0.05, 0.1) is 40.1 Å². The summed E-state index contributed by atoms with van der Waals surface area (Å²) in [5.74, 6) is -0.877. The van der Waals surface area contributed by atoms with Gasteiger partial charge in [0, 0.05) is 18.9 Å². The molecular weight excluding hydrogens is 454 g/mol. The van der Waals surface area contributed by atoms with Crippen LogP contribution < -0.4 is 5.32 Å². The number of benzene rings is 3. The summed E-state index contributed by atoms with van der Waals surface area (Å²) in [7, 11) is 0. The maximum absolute atomic E-state index is 13.5. The first-order valence-electron chi connectivity index (χ1n) is 11.4. The molecule has 2 N–H and O–H groups in total. The highest BCUT2D eigenvalue weighted by molar-refractivity contribution is 7.18. The normalized spacial score (nSPS) is 20.8. The summed E-state index contributed by atoms with van der Waals surface area (Å²) in [6, 6.07) is 18.5. The molecule has 176 valence electrons. The van der Waals surface area contributed by atoms with Gasteiger partial charge in [0.2, 0.25) is 0 Å². The number of aliphatic hydroxyl groups excluding tert-OH is 1. The minimum absolute atomic E-state index is 0.211. The second-order valence-electron chi connectivity index (χ2n) is 8.78. The highest BCUT2D eigenvalue weighted by Crippen LogP contribution is 2.35. The molecule has 2 heterocycles. The number of halogens is 2. The summed E-state index contributed by atoms with van der Waals surface area (Å²) in [5, 5.41) is 15.4. The van der Waals surface area contributed by atoms with E-state index in [1.54, 1.807) is 35.6 Å². The fourth-order valence-electron chi connectivity index (χ4n) is 4.64. The smallest absolute Gasteiger partial charge is 0.123 e. The van der Waals surface area contributed by atoms with Crippen molar-refractivity contribution in [3.63, 3.8) is 0 Å². The molecule has 1 aromatic heterocycles. The minimum atomic E-state index is -0.614. The van der Waals surface area contributed by atoms with Gasteiger partial charge in [-0.25, -0.2) is 13.8 Å². The molecule has 0 spiro atoms. The minimum Gasteiger partial charge on any atom is -0.391 e. The van der Waals surface area contributed by atoms with Gasteiger partial charge in [-0.05, 0) is 60.0 Å². The molecule has 4 aromatic rings. The molecule has 0 bridgehead atoms. The van der Waals surface area contributed by atoms with Gasteiger partial charge in [-0.15, -0.1) is 11.3 Å². The van der Waals surface area contributed by atoms with Crippen molar-refractivity contribution in [2.45, 2.75) is 44.1 Å². The van der Waals surface area contributed by atoms with Crippen molar-refractivity contribution in [2.75, 3.05) is 6.61 Å². The van der Waals surface area contributed by atoms with Crippen LogP contribution in [-0.2, 0) is 11.3 Å². The lowest BCUT2D eigenvalue weighted by Gasteiger charge is -2.38. The van der Waals surface area contributed by atoms with Gasteiger partial charge in [-0.1, -0.05) is 30.3 Å². The second-order valence-corrected chi connectivity index (χ2v) is 10.0. The number of nitrogens with zero attached hydrogens (tertiary/aromatic N) is 1. The summed E-state index contributed by atoms with van der Waals surface area (Å²) >= 11 is 1.67. The van der Waals surface area contributed by atoms with E-state index in [0.717, 1.165) is 31.9 Å². The average Bonchev–Trinajstić information content (AvgIpc) is 3.20. The van der Waals surface area contributed by atoms with Crippen LogP contribution in [0.4, 0.5) is 8.78 Å². The van der Waals surface area contributed by atoms with Crippen molar-refractivity contribution in [2.24, 2.45) is 0 Å². The number of rotatable bonds is 6. The first kappa shape index (κ1) is 23.1. The van der Waals surface area contributed by atoms with Gasteiger partial charge in [-0.3, -0.25) is 0 Å². The fourth-order valence-corrected chi connectivity index (χ4v) is 5.53. The van der Waals surface area contributed by atoms with Crippen molar-refractivity contribution < 1.29 is 18.6 Å². The van der Waals surface area contributed by atoms with Crippen molar-refractivity contribution >= 4 is 21.6 Å². The Labute approximate surface area is 201 Å². The first-order chi connectivity index (χ1) is 16.5. The van der Waals surface area contributed by atoms with Gasteiger partial charge >= 0.3 is 0 Å². The molecule has 3 atom stereocenters. The number of hydrogen-bond acceptors (Lipinski definition) is 5. The maximum Gasteiger partial charge on any atom is 0.123 e. The number of fused-ring (bicyclic) bond motifs is 1. The van der Waals surface area contributed by atoms with Crippen LogP contribution in [0.25, 0.3) is 10.2 Å². The molecule has 0 radical (unpaired) electrons. The number of thiazole rings is 1. The fraction of sp³-hybridized carbons (Fsp3) is 0.296. The summed E-state index contributed by atoms with van der Waals surface area (Å²) in [5.41, 5.74) is 3.86. The zero-order valence-electron chi connectivity index (χ0n) is 18.7. The zero-order chi connectivity index (χ0) is 23.7. The summed E-state index contributed by atoms with van der Waals surface area (Å²) in [4.78, 5) is 4.50. The highest BCUT2D eigenvalue weighted by atomic mass is 32.1. The lowest BCUT2D eigenvalue weighted by Crippen LogP contribution is -2.50. The Morgan fingerprint density at radius 2 is 1.68 bits per heavy atom. The van der Waals surface area contributed by atoms with E-state index in [1.165, 1.54) is 24.3 Å². The van der Waals surface area contributed by atoms with Gasteiger partial charge in [0.15, 0.2) is 0 Å². The summed E-state index contributed by atoms with van der Waals surface area (Å²) in [6.45, 7) is 2.95. The molecule has 1 saturated heterocycles. The zero-order valence-corrected chi connectivity index (χ0v) is 19.6. The molecule has 0 amide bonds. The number of hydrogen-bond donors (Lipinski definition) is 2. The number of aliphatic hydroxyl groups is 1. The van der Waals surface area contributed by atoms with Gasteiger partial charge in [-0.2, -0.15) is 0 Å². The molecule has 34 heavy (non-hydrogen) atoms. The Hall–Kier alpha value is -2.71. The van der Waals surface area contributed by atoms with E-state index < -0.39 is 6.10 Å². The Bertz CT molecular complexity index is 1210. The van der Waals surface area contributed by atoms with Crippen molar-refractivity contribution in [3.05, 3.63) is 100 Å². The van der Waals surface area contributed by atoms with Crippen LogP contribution in [-0.4, -0.2) is 34.9 Å². The van der Waals surface area contributed by atoms with E-state index >= 15 is 0 Å². The molecule has 3 unspecified atom stereocenters. The molecule has 5 rings (SSSR count). The Balaban J connectivity index is 1.29. The Morgan fingerprint density at radius 3 is 2.29 bits per heavy atom. The topological polar surface area (TPSA) is 54.4 Å². The molecule has 0 aliphatic carbocycles. The summed E-state index contributed by atoms with van der Waals surface area (Å²) in [6.07, 6.45) is -0.526. The molecule has 1 aliphatic rings. The van der Waals surface area contributed by atoms with Crippen LogP contribution in [0.15, 0.2) is 66.7 Å². The standard InChI is InChI=1S/C27H26F2N2O2S/c1-16-31-22-11-2-17(12-26(22)34-16)14-30-23-15-33-25(13-24(23)32)27(18-3-7-20(28)8-4-18)19-5-9-21(29)10-6-19/h2-12,23-25,27,30,32H,13-15H2,1H3. The Kier molecular flexibility index (Phi) is 6.70. The first-order valence-corrected chi connectivity index (χ1v) is 12.2. The van der Waals surface area contributed by atoms with E-state index in [4.69, 9.17) is 4.74 Å². The molecule has 3 aromatic carbocycles. The lowest BCUT2D eigenvalue weighted by molar-refractivity contribution is -0.0718. The van der Waals surface area contributed by atoms with Crippen LogP contribution in [0.1, 0.15) is 34.0 Å². The SMILES string of the molecule is Cc1nc2ccc(CNC3COC(C(c4ccc(F)cc4)c4ccc(F)cc4)CC3O)cc2s1. The predicted molar refractivity (Wildman–Crippen MR) is 130 cm³/mol. The van der Waals surface area contributed by atoms with E-state index in [0.29, 0.717) is 19.6 Å². The quantitative estimate of drug-likeness (QED) is 0.392. The maximum atomic E-state index is 13.5. The Morgan fingerprint density at radius 1 is 1.03 bits per heavy atom. The monoisotopic (exact) mass is 480 g/mol. The predicted octanol–water partition coefficient (Wildman–Crippen LogP) is 5.32. The third-order valence-corrected chi connectivity index (χ3v) is 7.32. The van der Waals surface area contributed by atoms with Crippen LogP contribution in [0, 0.1) is 18.6 Å². The lowest BCUT2D eigenvalue weighted by atomic mass is 9.82. The van der Waals surface area contributed by atoms with E-state index in [2.05, 4.69) is 16.4 Å². The van der Waals surface area contributed by atoms with Gasteiger partial charge in [0.1, 0.15) is 11.6 Å². The van der Waals surface area contributed by atoms with Crippen molar-refractivity contribution in [3.8, 4) is 0 Å². The third-order valence-electron chi connectivity index (χ3n) is 6.39. The molecule has 1 aliphatic heterocycles. The van der Waals surface area contributed by atoms with E-state index in [9.17, 15) is 13.9 Å². The largest absolute Gasteiger partial charge is 0.391 e. The summed E-state index contributed by atoms with van der Waals surface area (Å²) < 4.78 is 34.5. The van der Waals surface area contributed by atoms with Gasteiger partial charge < -0.3 is 15.2 Å². The molecule has 0 saturated carbocycles. The molecular formula is C27H26F2N2O2S. The van der Waals surface area contributed by atoms with Crippen LogP contribution in [0.3, 0.4) is 0 Å². The van der Waals surface area contributed by atoms with Crippen molar-refractivity contribution in [1.29, 1.82) is 0 Å². The van der Waals surface area contributed by atoms with Crippen LogP contribution in [0.5, 0.6) is 0 Å². The van der Waals surface area contributed by atoms with E-state index in [-0.39, 0.29) is 29.7 Å². The second kappa shape index (κ2) is 9.88. The number of aryl methyl sites for hydroxylation is 1. The van der Waals surface area contributed by atoms with Crippen LogP contribution >= 0.6 is 11.3 Å². The number of nitrogens with one attached hydrogen (secondary N) is 1. The molecule has 1 fully saturated rings. The average molecular weight is 481 g/mol.